The Morgan fingerprint density at radius 1 is 1.21 bits per heavy atom. The van der Waals surface area contributed by atoms with Crippen LogP contribution in [0, 0.1) is 0 Å². The molecule has 2 aliphatic rings. The van der Waals surface area contributed by atoms with E-state index in [0.717, 1.165) is 24.5 Å². The SMILES string of the molecule is Clc1cccc(-n2nnnc2NCc2cccnc2N2CC3CC2CN3)c1Cl. The van der Waals surface area contributed by atoms with Crippen molar-refractivity contribution in [1.29, 1.82) is 0 Å². The van der Waals surface area contributed by atoms with Gasteiger partial charge in [0.25, 0.3) is 0 Å². The van der Waals surface area contributed by atoms with Crippen molar-refractivity contribution < 1.29 is 0 Å². The van der Waals surface area contributed by atoms with E-state index in [1.54, 1.807) is 10.7 Å². The number of aromatic nitrogens is 5. The molecule has 2 aliphatic heterocycles. The maximum Gasteiger partial charge on any atom is 0.248 e. The van der Waals surface area contributed by atoms with E-state index in [4.69, 9.17) is 23.2 Å². The van der Waals surface area contributed by atoms with E-state index < -0.39 is 0 Å². The summed E-state index contributed by atoms with van der Waals surface area (Å²) in [6, 6.07) is 10.5. The van der Waals surface area contributed by atoms with E-state index in [1.807, 2.05) is 24.4 Å². The number of nitrogens with zero attached hydrogens (tertiary/aromatic N) is 6. The summed E-state index contributed by atoms with van der Waals surface area (Å²) in [5.74, 6) is 1.51. The van der Waals surface area contributed by atoms with Crippen molar-refractivity contribution in [3.05, 3.63) is 52.1 Å². The Morgan fingerprint density at radius 2 is 2.14 bits per heavy atom. The predicted molar refractivity (Wildman–Crippen MR) is 108 cm³/mol. The second-order valence-electron chi connectivity index (χ2n) is 6.97. The largest absolute Gasteiger partial charge is 0.350 e. The number of anilines is 2. The fourth-order valence-electron chi connectivity index (χ4n) is 3.94. The molecular weight excluding hydrogens is 399 g/mol. The number of nitrogens with one attached hydrogen (secondary N) is 2. The lowest BCUT2D eigenvalue weighted by Gasteiger charge is -2.30. The van der Waals surface area contributed by atoms with Crippen LogP contribution in [-0.4, -0.2) is 50.4 Å². The molecular formula is C18H18Cl2N8. The second kappa shape index (κ2) is 7.20. The first-order valence-electron chi connectivity index (χ1n) is 9.11. The molecule has 0 radical (unpaired) electrons. The van der Waals surface area contributed by atoms with Crippen molar-refractivity contribution in [3.63, 3.8) is 0 Å². The average Bonchev–Trinajstić information content (AvgIpc) is 3.46. The monoisotopic (exact) mass is 416 g/mol. The van der Waals surface area contributed by atoms with E-state index in [1.165, 1.54) is 6.42 Å². The molecule has 28 heavy (non-hydrogen) atoms. The summed E-state index contributed by atoms with van der Waals surface area (Å²) in [5, 5.41) is 19.6. The van der Waals surface area contributed by atoms with Gasteiger partial charge in [-0.15, -0.1) is 0 Å². The van der Waals surface area contributed by atoms with Gasteiger partial charge in [0.05, 0.1) is 15.7 Å². The highest BCUT2D eigenvalue weighted by Gasteiger charge is 2.38. The van der Waals surface area contributed by atoms with Gasteiger partial charge in [-0.3, -0.25) is 0 Å². The van der Waals surface area contributed by atoms with Crippen LogP contribution in [0.25, 0.3) is 5.69 Å². The highest BCUT2D eigenvalue weighted by atomic mass is 35.5. The predicted octanol–water partition coefficient (Wildman–Crippen LogP) is 2.53. The molecule has 144 valence electrons. The Kier molecular flexibility index (Phi) is 4.54. The topological polar surface area (TPSA) is 83.8 Å². The van der Waals surface area contributed by atoms with E-state index >= 15 is 0 Å². The van der Waals surface area contributed by atoms with Crippen molar-refractivity contribution in [2.75, 3.05) is 23.3 Å². The van der Waals surface area contributed by atoms with Gasteiger partial charge in [0.1, 0.15) is 5.82 Å². The van der Waals surface area contributed by atoms with Crippen LogP contribution in [0.5, 0.6) is 0 Å². The minimum absolute atomic E-state index is 0.405. The Hall–Kier alpha value is -2.42. The standard InChI is InChI=1S/C18H18Cl2N8/c19-14-4-1-5-15(16(14)20)28-18(24-25-26-28)23-8-11-3-2-6-21-17(11)27-10-12-7-13(27)9-22-12/h1-6,12-13,22H,7-10H2,(H,23,24,26). The van der Waals surface area contributed by atoms with Crippen LogP contribution >= 0.6 is 23.2 Å². The number of hydrogen-bond donors (Lipinski definition) is 2. The minimum atomic E-state index is 0.405. The van der Waals surface area contributed by atoms with Gasteiger partial charge < -0.3 is 15.5 Å². The minimum Gasteiger partial charge on any atom is -0.350 e. The molecule has 2 bridgehead atoms. The van der Waals surface area contributed by atoms with Crippen LogP contribution < -0.4 is 15.5 Å². The van der Waals surface area contributed by atoms with E-state index in [0.29, 0.717) is 40.3 Å². The third-order valence-electron chi connectivity index (χ3n) is 5.26. The van der Waals surface area contributed by atoms with Crippen LogP contribution in [0.3, 0.4) is 0 Å². The first-order valence-corrected chi connectivity index (χ1v) is 9.87. The number of pyridine rings is 1. The van der Waals surface area contributed by atoms with Crippen LogP contribution in [0.1, 0.15) is 12.0 Å². The number of benzene rings is 1. The molecule has 2 N–H and O–H groups in total. The Labute approximate surface area is 171 Å². The Balaban J connectivity index is 1.39. The second-order valence-corrected chi connectivity index (χ2v) is 7.76. The van der Waals surface area contributed by atoms with E-state index in [9.17, 15) is 0 Å². The van der Waals surface area contributed by atoms with Gasteiger partial charge in [-0.25, -0.2) is 4.98 Å². The maximum absolute atomic E-state index is 6.32. The molecule has 2 aromatic heterocycles. The van der Waals surface area contributed by atoms with E-state index in [2.05, 4.69) is 42.1 Å². The number of fused-ring (bicyclic) bond motifs is 2. The highest BCUT2D eigenvalue weighted by Crippen LogP contribution is 2.31. The van der Waals surface area contributed by atoms with Gasteiger partial charge in [-0.2, -0.15) is 4.68 Å². The third kappa shape index (κ3) is 3.07. The Bertz CT molecular complexity index is 1010. The summed E-state index contributed by atoms with van der Waals surface area (Å²) >= 11 is 12.4. The van der Waals surface area contributed by atoms with Gasteiger partial charge >= 0.3 is 0 Å². The fourth-order valence-corrected chi connectivity index (χ4v) is 4.31. The molecule has 10 heteroatoms. The average molecular weight is 417 g/mol. The summed E-state index contributed by atoms with van der Waals surface area (Å²) in [4.78, 5) is 7.04. The van der Waals surface area contributed by atoms with Crippen molar-refractivity contribution in [3.8, 4) is 5.69 Å². The molecule has 2 fully saturated rings. The molecule has 4 heterocycles. The van der Waals surface area contributed by atoms with Gasteiger partial charge in [-0.1, -0.05) is 40.4 Å². The van der Waals surface area contributed by atoms with Crippen molar-refractivity contribution in [2.24, 2.45) is 0 Å². The number of piperazine rings is 1. The third-order valence-corrected chi connectivity index (χ3v) is 6.07. The molecule has 2 atom stereocenters. The Morgan fingerprint density at radius 3 is 2.96 bits per heavy atom. The lowest BCUT2D eigenvalue weighted by molar-refractivity contribution is 0.575. The van der Waals surface area contributed by atoms with Crippen molar-refractivity contribution in [1.82, 2.24) is 30.5 Å². The quantitative estimate of drug-likeness (QED) is 0.660. The molecule has 2 unspecified atom stereocenters. The van der Waals surface area contributed by atoms with Crippen LogP contribution in [0.2, 0.25) is 10.0 Å². The zero-order valence-electron chi connectivity index (χ0n) is 14.9. The van der Waals surface area contributed by atoms with Crippen LogP contribution in [0.15, 0.2) is 36.5 Å². The summed E-state index contributed by atoms with van der Waals surface area (Å²) in [5.41, 5.74) is 1.72. The van der Waals surface area contributed by atoms with Gasteiger partial charge in [0.2, 0.25) is 5.95 Å². The first-order chi connectivity index (χ1) is 13.7. The van der Waals surface area contributed by atoms with Crippen LogP contribution in [0.4, 0.5) is 11.8 Å². The number of rotatable bonds is 5. The normalized spacial score (nSPS) is 20.7. The molecule has 0 spiro atoms. The maximum atomic E-state index is 6.32. The zero-order valence-corrected chi connectivity index (χ0v) is 16.4. The zero-order chi connectivity index (χ0) is 19.1. The molecule has 5 rings (SSSR count). The van der Waals surface area contributed by atoms with Crippen molar-refractivity contribution >= 4 is 35.0 Å². The van der Waals surface area contributed by atoms with Gasteiger partial charge in [0.15, 0.2) is 0 Å². The summed E-state index contributed by atoms with van der Waals surface area (Å²) in [6.45, 7) is 2.55. The number of halogens is 2. The molecule has 0 aliphatic carbocycles. The smallest absolute Gasteiger partial charge is 0.248 e. The lowest BCUT2D eigenvalue weighted by atomic mass is 10.2. The molecule has 0 saturated carbocycles. The molecule has 3 aromatic rings. The molecule has 2 saturated heterocycles. The lowest BCUT2D eigenvalue weighted by Crippen LogP contribution is -2.44. The molecule has 0 amide bonds. The van der Waals surface area contributed by atoms with Crippen LogP contribution in [-0.2, 0) is 6.54 Å². The van der Waals surface area contributed by atoms with Crippen molar-refractivity contribution in [2.45, 2.75) is 25.0 Å². The fraction of sp³-hybridized carbons (Fsp3) is 0.333. The molecule has 1 aromatic carbocycles. The first kappa shape index (κ1) is 17.7. The van der Waals surface area contributed by atoms with E-state index in [-0.39, 0.29) is 0 Å². The highest BCUT2D eigenvalue weighted by molar-refractivity contribution is 6.43. The summed E-state index contributed by atoms with van der Waals surface area (Å²) in [7, 11) is 0. The van der Waals surface area contributed by atoms with Gasteiger partial charge in [0, 0.05) is 43.5 Å². The molecule has 8 nitrogen and oxygen atoms in total. The number of hydrogen-bond acceptors (Lipinski definition) is 7. The summed E-state index contributed by atoms with van der Waals surface area (Å²) in [6.07, 6.45) is 3.02. The van der Waals surface area contributed by atoms with Gasteiger partial charge in [-0.05, 0) is 35.0 Å². The summed E-state index contributed by atoms with van der Waals surface area (Å²) < 4.78 is 1.55. The number of tetrazole rings is 1.